The number of carbonyl (C=O) groups excluding carboxylic acids is 2. The Morgan fingerprint density at radius 3 is 2.27 bits per heavy atom. The molecule has 0 aliphatic heterocycles. The molecule has 3 aromatic rings. The van der Waals surface area contributed by atoms with Crippen LogP contribution in [0.15, 0.2) is 42.5 Å². The molecule has 1 heterocycles. The van der Waals surface area contributed by atoms with Crippen LogP contribution >= 0.6 is 0 Å². The van der Waals surface area contributed by atoms with E-state index >= 15 is 0 Å². The zero-order valence-electron chi connectivity index (χ0n) is 25.1. The number of methoxy groups -OCH3 is 3. The third-order valence-electron chi connectivity index (χ3n) is 8.36. The van der Waals surface area contributed by atoms with Crippen molar-refractivity contribution in [3.05, 3.63) is 65.0 Å². The molecule has 0 spiro atoms. The Hall–Kier alpha value is -4.22. The first-order valence-corrected chi connectivity index (χ1v) is 14.8. The van der Waals surface area contributed by atoms with Gasteiger partial charge in [0.1, 0.15) is 18.3 Å². The molecule has 0 unspecified atom stereocenters. The number of amides is 2. The van der Waals surface area contributed by atoms with Crippen molar-refractivity contribution in [1.82, 2.24) is 15.1 Å². The van der Waals surface area contributed by atoms with E-state index < -0.39 is 36.3 Å². The van der Waals surface area contributed by atoms with Crippen LogP contribution in [0.25, 0.3) is 0 Å². The van der Waals surface area contributed by atoms with Crippen molar-refractivity contribution in [2.45, 2.75) is 76.2 Å². The Labute approximate surface area is 254 Å². The van der Waals surface area contributed by atoms with E-state index in [0.29, 0.717) is 53.5 Å². The molecule has 0 saturated heterocycles. The molecule has 12 heteroatoms. The van der Waals surface area contributed by atoms with Gasteiger partial charge in [-0.25, -0.2) is 0 Å². The maximum atomic E-state index is 14.4. The highest BCUT2D eigenvalue weighted by molar-refractivity contribution is 6.01. The average Bonchev–Trinajstić information content (AvgIpc) is 3.67. The second-order valence-corrected chi connectivity index (χ2v) is 11.1. The van der Waals surface area contributed by atoms with Crippen LogP contribution in [0, 0.1) is 0 Å². The number of nitrogens with one attached hydrogen (secondary N) is 1. The number of alkyl halides is 3. The number of anilines is 1. The van der Waals surface area contributed by atoms with Crippen LogP contribution < -0.4 is 24.4 Å². The van der Waals surface area contributed by atoms with Crippen molar-refractivity contribution >= 4 is 17.5 Å². The fourth-order valence-electron chi connectivity index (χ4n) is 6.20. The molecule has 2 aliphatic rings. The predicted molar refractivity (Wildman–Crippen MR) is 157 cm³/mol. The lowest BCUT2D eigenvalue weighted by molar-refractivity contribution is -0.142. The summed E-state index contributed by atoms with van der Waals surface area (Å²) in [7, 11) is 4.46. The fourth-order valence-corrected chi connectivity index (χ4v) is 6.20. The molecule has 1 N–H and O–H groups in total. The molecule has 2 amide bonds. The number of ether oxygens (including phenoxy) is 3. The van der Waals surface area contributed by atoms with Gasteiger partial charge in [-0.2, -0.15) is 18.3 Å². The van der Waals surface area contributed by atoms with Crippen molar-refractivity contribution in [1.29, 1.82) is 0 Å². The summed E-state index contributed by atoms with van der Waals surface area (Å²) >= 11 is 0. The van der Waals surface area contributed by atoms with Crippen LogP contribution in [-0.2, 0) is 35.2 Å². The normalized spacial score (nSPS) is 15.8. The first-order valence-electron chi connectivity index (χ1n) is 14.8. The summed E-state index contributed by atoms with van der Waals surface area (Å²) < 4.78 is 59.2. The quantitative estimate of drug-likeness (QED) is 0.318. The molecule has 1 atom stereocenters. The zero-order chi connectivity index (χ0) is 31.4. The van der Waals surface area contributed by atoms with E-state index in [-0.39, 0.29) is 18.0 Å². The van der Waals surface area contributed by atoms with Crippen molar-refractivity contribution < 1.29 is 37.0 Å². The van der Waals surface area contributed by atoms with Gasteiger partial charge in [0.15, 0.2) is 17.2 Å². The molecule has 1 saturated carbocycles. The van der Waals surface area contributed by atoms with Crippen molar-refractivity contribution in [3.8, 4) is 17.2 Å². The first-order chi connectivity index (χ1) is 21.1. The number of hydrogen-bond acceptors (Lipinski definition) is 6. The summed E-state index contributed by atoms with van der Waals surface area (Å²) in [5.74, 6) is 0.294. The third kappa shape index (κ3) is 6.48. The van der Waals surface area contributed by atoms with Crippen molar-refractivity contribution in [2.75, 3.05) is 26.2 Å². The number of benzene rings is 2. The molecule has 1 aromatic heterocycles. The summed E-state index contributed by atoms with van der Waals surface area (Å²) in [5.41, 5.74) is 0.402. The van der Waals surface area contributed by atoms with Gasteiger partial charge in [0.05, 0.1) is 21.3 Å². The Bertz CT molecular complexity index is 1480. The predicted octanol–water partition coefficient (Wildman–Crippen LogP) is 5.64. The lowest BCUT2D eigenvalue weighted by atomic mass is 9.95. The summed E-state index contributed by atoms with van der Waals surface area (Å²) in [6.07, 6.45) is 0.921. The van der Waals surface area contributed by atoms with Crippen LogP contribution in [0.2, 0.25) is 0 Å². The Balaban J connectivity index is 1.62. The Kier molecular flexibility index (Phi) is 9.36. The van der Waals surface area contributed by atoms with Gasteiger partial charge >= 0.3 is 6.18 Å². The standard InChI is InChI=1S/C32H37F3N4O5/c1-42-23-15-12-20(13-16-23)29(31(41)36-21-8-4-5-9-21)39(22-14-17-26(43-2)27(18-22)44-3)28(40)19-38-25-11-7-6-10-24(25)30(37-38)32(33,34)35/h12-18,21,29H,4-11,19H2,1-3H3,(H,36,41)/t29-/m0/s1. The van der Waals surface area contributed by atoms with E-state index in [4.69, 9.17) is 14.2 Å². The van der Waals surface area contributed by atoms with E-state index in [2.05, 4.69) is 10.4 Å². The lowest BCUT2D eigenvalue weighted by Gasteiger charge is -2.33. The topological polar surface area (TPSA) is 94.9 Å². The average molecular weight is 615 g/mol. The zero-order valence-corrected chi connectivity index (χ0v) is 25.1. The van der Waals surface area contributed by atoms with Crippen LogP contribution in [0.3, 0.4) is 0 Å². The van der Waals surface area contributed by atoms with Gasteiger partial charge in [0, 0.05) is 29.1 Å². The fraction of sp³-hybridized carbons (Fsp3) is 0.469. The molecular weight excluding hydrogens is 577 g/mol. The number of halogens is 3. The summed E-state index contributed by atoms with van der Waals surface area (Å²) in [5, 5.41) is 7.01. The molecule has 0 bridgehead atoms. The maximum absolute atomic E-state index is 14.4. The smallest absolute Gasteiger partial charge is 0.435 e. The van der Waals surface area contributed by atoms with E-state index in [1.807, 2.05) is 0 Å². The van der Waals surface area contributed by atoms with Gasteiger partial charge in [-0.15, -0.1) is 0 Å². The van der Waals surface area contributed by atoms with Gasteiger partial charge in [0.25, 0.3) is 0 Å². The second-order valence-electron chi connectivity index (χ2n) is 11.1. The summed E-state index contributed by atoms with van der Waals surface area (Å²) in [6.45, 7) is -0.490. The number of hydrogen-bond donors (Lipinski definition) is 1. The number of rotatable bonds is 10. The number of aromatic nitrogens is 2. The molecule has 5 rings (SSSR count). The van der Waals surface area contributed by atoms with Gasteiger partial charge < -0.3 is 19.5 Å². The molecule has 0 radical (unpaired) electrons. The van der Waals surface area contributed by atoms with Crippen molar-refractivity contribution in [3.63, 3.8) is 0 Å². The van der Waals surface area contributed by atoms with Crippen LogP contribution in [-0.4, -0.2) is 49.0 Å². The number of fused-ring (bicyclic) bond motifs is 1. The highest BCUT2D eigenvalue weighted by Gasteiger charge is 2.41. The second kappa shape index (κ2) is 13.2. The van der Waals surface area contributed by atoms with E-state index in [9.17, 15) is 22.8 Å². The first kappa shape index (κ1) is 31.2. The van der Waals surface area contributed by atoms with E-state index in [1.165, 1.54) is 26.2 Å². The number of carbonyl (C=O) groups is 2. The third-order valence-corrected chi connectivity index (χ3v) is 8.36. The minimum absolute atomic E-state index is 0.0434. The maximum Gasteiger partial charge on any atom is 0.435 e. The van der Waals surface area contributed by atoms with E-state index in [1.54, 1.807) is 42.5 Å². The molecule has 44 heavy (non-hydrogen) atoms. The largest absolute Gasteiger partial charge is 0.497 e. The Morgan fingerprint density at radius 2 is 1.64 bits per heavy atom. The SMILES string of the molecule is COc1ccc([C@@H](C(=O)NC2CCCC2)N(C(=O)Cn2nc(C(F)(F)F)c3c2CCCC3)c2ccc(OC)c(OC)c2)cc1. The molecule has 9 nitrogen and oxygen atoms in total. The van der Waals surface area contributed by atoms with Crippen LogP contribution in [0.5, 0.6) is 17.2 Å². The van der Waals surface area contributed by atoms with Crippen LogP contribution in [0.4, 0.5) is 18.9 Å². The van der Waals surface area contributed by atoms with Gasteiger partial charge in [0.2, 0.25) is 11.8 Å². The molecule has 236 valence electrons. The highest BCUT2D eigenvalue weighted by atomic mass is 19.4. The summed E-state index contributed by atoms with van der Waals surface area (Å²) in [4.78, 5) is 29.8. The van der Waals surface area contributed by atoms with Gasteiger partial charge in [-0.05, 0) is 68.4 Å². The monoisotopic (exact) mass is 614 g/mol. The van der Waals surface area contributed by atoms with Crippen LogP contribution in [0.1, 0.15) is 67.1 Å². The number of nitrogens with zero attached hydrogens (tertiary/aromatic N) is 3. The highest BCUT2D eigenvalue weighted by Crippen LogP contribution is 2.38. The van der Waals surface area contributed by atoms with Gasteiger partial charge in [-0.3, -0.25) is 19.2 Å². The molecular formula is C32H37F3N4O5. The molecule has 2 aliphatic carbocycles. The molecule has 1 fully saturated rings. The van der Waals surface area contributed by atoms with Crippen molar-refractivity contribution in [2.24, 2.45) is 0 Å². The van der Waals surface area contributed by atoms with E-state index in [0.717, 1.165) is 30.4 Å². The van der Waals surface area contributed by atoms with Gasteiger partial charge in [-0.1, -0.05) is 25.0 Å². The lowest BCUT2D eigenvalue weighted by Crippen LogP contribution is -2.47. The summed E-state index contributed by atoms with van der Waals surface area (Å²) in [6, 6.07) is 10.4. The minimum atomic E-state index is -4.65. The minimum Gasteiger partial charge on any atom is -0.497 e. The Morgan fingerprint density at radius 1 is 0.955 bits per heavy atom. The molecule has 2 aromatic carbocycles.